The van der Waals surface area contributed by atoms with E-state index in [1.54, 1.807) is 0 Å². The maximum absolute atomic E-state index is 3.00. The average molecular weight is 110 g/mol. The monoisotopic (exact) mass is 110 g/mol. The molecule has 3 heteroatoms. The second-order valence-corrected chi connectivity index (χ2v) is 3.54. The molecule has 0 aromatic rings. The summed E-state index contributed by atoms with van der Waals surface area (Å²) in [6.07, 6.45) is 0. The van der Waals surface area contributed by atoms with Crippen molar-refractivity contribution in [3.8, 4) is 11.8 Å². The highest BCUT2D eigenvalue weighted by Gasteiger charge is 2.02. The van der Waals surface area contributed by atoms with Crippen molar-refractivity contribution in [1.29, 1.82) is 0 Å². The quantitative estimate of drug-likeness (QED) is 0.209. The molecule has 0 radical (unpaired) electrons. The number of rotatable bonds is 0. The van der Waals surface area contributed by atoms with Gasteiger partial charge in [0, 0.05) is 0 Å². The van der Waals surface area contributed by atoms with Crippen molar-refractivity contribution in [1.82, 2.24) is 0 Å². The Kier molecular flexibility index (Phi) is 2.47. The zero-order valence-electron chi connectivity index (χ0n) is 5.08. The van der Waals surface area contributed by atoms with Crippen molar-refractivity contribution >= 4 is 24.9 Å². The van der Waals surface area contributed by atoms with Gasteiger partial charge in [0.15, 0.2) is 0 Å². The highest BCUT2D eigenvalue weighted by atomic mass is 31.0. The molecule has 7 heavy (non-hydrogen) atoms. The van der Waals surface area contributed by atoms with Crippen LogP contribution < -0.4 is 0 Å². The molecule has 0 rings (SSSR count). The van der Waals surface area contributed by atoms with E-state index in [0.29, 0.717) is 0 Å². The molecule has 0 aliphatic rings. The molecule has 0 spiro atoms. The van der Waals surface area contributed by atoms with Crippen molar-refractivity contribution in [2.75, 3.05) is 0 Å². The molecule has 1 unspecified atom stereocenters. The molecule has 1 atom stereocenters. The van der Waals surface area contributed by atoms with Crippen LogP contribution in [0.3, 0.4) is 0 Å². The second-order valence-electron chi connectivity index (χ2n) is 2.10. The summed E-state index contributed by atoms with van der Waals surface area (Å²) in [5.41, 5.74) is 0. The summed E-state index contributed by atoms with van der Waals surface area (Å²) in [7, 11) is 6.79. The smallest absolute Gasteiger partial charge is 0.119 e. The maximum Gasteiger partial charge on any atom is 0.119 e. The van der Waals surface area contributed by atoms with Gasteiger partial charge in [0.1, 0.15) is 15.7 Å². The number of hydrogen-bond acceptors (Lipinski definition) is 0. The van der Waals surface area contributed by atoms with Crippen LogP contribution in [0.25, 0.3) is 0 Å². The molecule has 36 valence electrons. The minimum atomic E-state index is 0.106. The van der Waals surface area contributed by atoms with Crippen molar-refractivity contribution in [3.05, 3.63) is 0 Å². The lowest BCUT2D eigenvalue weighted by atomic mass is 9.70. The van der Waals surface area contributed by atoms with Crippen LogP contribution in [-0.2, 0) is 0 Å². The summed E-state index contributed by atoms with van der Waals surface area (Å²) < 4.78 is 0. The molecule has 0 aliphatic carbocycles. The van der Waals surface area contributed by atoms with Crippen LogP contribution in [0.1, 0.15) is 6.92 Å². The molecular weight excluding hydrogens is 101 g/mol. The van der Waals surface area contributed by atoms with Gasteiger partial charge in [-0.25, -0.2) is 0 Å². The zero-order chi connectivity index (χ0) is 5.91. The first-order chi connectivity index (χ1) is 3.06. The van der Waals surface area contributed by atoms with Gasteiger partial charge in [0.2, 0.25) is 0 Å². The van der Waals surface area contributed by atoms with Gasteiger partial charge in [-0.1, -0.05) is 0 Å². The molecular formula is C4H9B2P. The van der Waals surface area contributed by atoms with E-state index in [0.717, 1.165) is 0 Å². The molecule has 0 saturated carbocycles. The molecule has 0 heterocycles. The van der Waals surface area contributed by atoms with Crippen molar-refractivity contribution in [2.24, 2.45) is 0 Å². The van der Waals surface area contributed by atoms with Crippen LogP contribution in [-0.4, -0.2) is 20.6 Å². The third-order valence-electron chi connectivity index (χ3n) is 0.447. The van der Waals surface area contributed by atoms with E-state index in [1.165, 1.54) is 0 Å². The highest BCUT2D eigenvalue weighted by molar-refractivity contribution is 7.27. The summed E-state index contributed by atoms with van der Waals surface area (Å²) in [5.74, 6) is 5.83. The van der Waals surface area contributed by atoms with Crippen molar-refractivity contribution in [2.45, 2.75) is 11.9 Å². The van der Waals surface area contributed by atoms with Crippen LogP contribution >= 0.6 is 9.24 Å². The van der Waals surface area contributed by atoms with E-state index in [9.17, 15) is 0 Å². The second kappa shape index (κ2) is 2.43. The van der Waals surface area contributed by atoms with Gasteiger partial charge >= 0.3 is 0 Å². The summed E-state index contributed by atoms with van der Waals surface area (Å²) >= 11 is 0. The predicted molar refractivity (Wildman–Crippen MR) is 43.0 cm³/mol. The Morgan fingerprint density at radius 1 is 1.57 bits per heavy atom. The van der Waals surface area contributed by atoms with E-state index in [4.69, 9.17) is 0 Å². The van der Waals surface area contributed by atoms with Crippen LogP contribution in [0, 0.1) is 11.8 Å². The van der Waals surface area contributed by atoms with Crippen molar-refractivity contribution in [3.63, 3.8) is 0 Å². The Morgan fingerprint density at radius 2 is 2.00 bits per heavy atom. The fourth-order valence-electron chi connectivity index (χ4n) is 0.322. The van der Waals surface area contributed by atoms with Gasteiger partial charge in [0.25, 0.3) is 0 Å². The summed E-state index contributed by atoms with van der Waals surface area (Å²) in [4.78, 5) is 0.106. The highest BCUT2D eigenvalue weighted by Crippen LogP contribution is 2.03. The zero-order valence-corrected chi connectivity index (χ0v) is 6.23. The maximum atomic E-state index is 3.00. The van der Waals surface area contributed by atoms with Gasteiger partial charge in [-0.3, -0.25) is 0 Å². The molecule has 0 saturated heterocycles. The van der Waals surface area contributed by atoms with Gasteiger partial charge in [0.05, 0.1) is 0 Å². The largest absolute Gasteiger partial charge is 0.136 e. The molecule has 0 bridgehead atoms. The molecule has 0 nitrogen and oxygen atoms in total. The fraction of sp³-hybridized carbons (Fsp3) is 0.500. The normalized spacial score (nSPS) is 9.43. The first-order valence-electron chi connectivity index (χ1n) is 2.29. The molecule has 0 aromatic carbocycles. The van der Waals surface area contributed by atoms with E-state index in [-0.39, 0.29) is 4.95 Å². The predicted octanol–water partition coefficient (Wildman–Crippen LogP) is -1.20. The lowest BCUT2D eigenvalue weighted by Gasteiger charge is -2.05. The first-order valence-corrected chi connectivity index (χ1v) is 2.87. The molecule has 0 fully saturated rings. The first kappa shape index (κ1) is 7.12. The van der Waals surface area contributed by atoms with E-state index < -0.39 is 0 Å². The van der Waals surface area contributed by atoms with Crippen LogP contribution in [0.5, 0.6) is 0 Å². The summed E-state index contributed by atoms with van der Waals surface area (Å²) in [6, 6.07) is 0. The van der Waals surface area contributed by atoms with E-state index in [2.05, 4.69) is 36.8 Å². The van der Waals surface area contributed by atoms with Crippen molar-refractivity contribution < 1.29 is 0 Å². The van der Waals surface area contributed by atoms with Gasteiger partial charge in [-0.15, -0.1) is 21.1 Å². The SMILES string of the molecule is BC(B)(P)C#CC. The Balaban J connectivity index is 3.72. The minimum absolute atomic E-state index is 0.106. The van der Waals surface area contributed by atoms with Gasteiger partial charge < -0.3 is 0 Å². The van der Waals surface area contributed by atoms with E-state index in [1.807, 2.05) is 6.92 Å². The van der Waals surface area contributed by atoms with Crippen LogP contribution in [0.15, 0.2) is 0 Å². The standard InChI is InChI=1S/C4H9B2P/c1-2-3-4(5,6)7/h5-7H2,1H3. The third-order valence-corrected chi connectivity index (χ3v) is 0.592. The van der Waals surface area contributed by atoms with E-state index >= 15 is 0 Å². The molecule has 0 N–H and O–H groups in total. The lowest BCUT2D eigenvalue weighted by molar-refractivity contribution is 1.58. The summed E-state index contributed by atoms with van der Waals surface area (Å²) in [6.45, 7) is 1.85. The molecule has 0 amide bonds. The van der Waals surface area contributed by atoms with Crippen LogP contribution in [0.2, 0.25) is 0 Å². The fourth-order valence-corrected chi connectivity index (χ4v) is 0.467. The van der Waals surface area contributed by atoms with Gasteiger partial charge in [-0.05, 0) is 11.9 Å². The average Bonchev–Trinajstić information content (AvgIpc) is 1.30. The Labute approximate surface area is 49.5 Å². The number of hydrogen-bond donors (Lipinski definition) is 0. The minimum Gasteiger partial charge on any atom is -0.136 e. The Bertz CT molecular complexity index is 103. The lowest BCUT2D eigenvalue weighted by Crippen LogP contribution is -2.16. The Hall–Kier alpha value is 0.120. The topological polar surface area (TPSA) is 0 Å². The summed E-state index contributed by atoms with van der Waals surface area (Å²) in [5, 5.41) is 0. The Morgan fingerprint density at radius 3 is 2.00 bits per heavy atom. The third kappa shape index (κ3) is 6.12. The van der Waals surface area contributed by atoms with Gasteiger partial charge in [-0.2, -0.15) is 0 Å². The molecule has 0 aliphatic heterocycles. The van der Waals surface area contributed by atoms with Crippen LogP contribution in [0.4, 0.5) is 0 Å². The molecule has 0 aromatic heterocycles.